The highest BCUT2D eigenvalue weighted by atomic mass is 19.4. The van der Waals surface area contributed by atoms with Gasteiger partial charge in [0.2, 0.25) is 5.91 Å². The van der Waals surface area contributed by atoms with Crippen molar-refractivity contribution >= 4 is 5.91 Å². The van der Waals surface area contributed by atoms with Crippen LogP contribution in [-0.4, -0.2) is 28.8 Å². The number of amides is 1. The van der Waals surface area contributed by atoms with Crippen LogP contribution in [0.5, 0.6) is 11.5 Å². The maximum absolute atomic E-state index is 11.9. The molecule has 112 valence electrons. The van der Waals surface area contributed by atoms with Crippen LogP contribution in [-0.2, 0) is 11.2 Å². The molecule has 0 fully saturated rings. The van der Waals surface area contributed by atoms with Gasteiger partial charge in [-0.3, -0.25) is 4.79 Å². The third-order valence-electron chi connectivity index (χ3n) is 2.74. The molecule has 1 amide bonds. The van der Waals surface area contributed by atoms with Crippen LogP contribution in [0.1, 0.15) is 18.9 Å². The molecule has 3 N–H and O–H groups in total. The zero-order chi connectivity index (χ0) is 15.3. The van der Waals surface area contributed by atoms with E-state index in [9.17, 15) is 23.1 Å². The Morgan fingerprint density at radius 1 is 1.30 bits per heavy atom. The maximum Gasteiger partial charge on any atom is 0.390 e. The molecule has 0 aliphatic carbocycles. The highest BCUT2D eigenvalue weighted by Gasteiger charge is 2.27. The first-order chi connectivity index (χ1) is 9.19. The standard InChI is InChI=1S/C13H16F3NO3/c1-8(12(20)17-5-4-13(14,15)16)6-9-2-3-10(18)11(19)7-9/h2-3,7-8,18-19H,4-6H2,1H3,(H,17,20). The van der Waals surface area contributed by atoms with Crippen molar-refractivity contribution < 1.29 is 28.2 Å². The van der Waals surface area contributed by atoms with Gasteiger partial charge in [0.1, 0.15) is 0 Å². The Kier molecular flexibility index (Phi) is 5.24. The van der Waals surface area contributed by atoms with E-state index in [4.69, 9.17) is 5.11 Å². The Morgan fingerprint density at radius 3 is 2.50 bits per heavy atom. The number of phenols is 2. The molecule has 1 aromatic rings. The molecule has 0 saturated heterocycles. The topological polar surface area (TPSA) is 69.6 Å². The number of carbonyl (C=O) groups excluding carboxylic acids is 1. The molecule has 1 rings (SSSR count). The van der Waals surface area contributed by atoms with Gasteiger partial charge in [0, 0.05) is 12.5 Å². The molecule has 0 aliphatic heterocycles. The lowest BCUT2D eigenvalue weighted by Gasteiger charge is -2.13. The molecular formula is C13H16F3NO3. The number of hydrogen-bond acceptors (Lipinski definition) is 3. The molecule has 0 spiro atoms. The normalized spacial score (nSPS) is 13.0. The summed E-state index contributed by atoms with van der Waals surface area (Å²) in [6.07, 6.45) is -5.10. The minimum absolute atomic E-state index is 0.256. The number of phenolic OH excluding ortho intramolecular Hbond substituents is 2. The van der Waals surface area contributed by atoms with E-state index in [0.717, 1.165) is 0 Å². The van der Waals surface area contributed by atoms with E-state index in [2.05, 4.69) is 5.32 Å². The average molecular weight is 291 g/mol. The highest BCUT2D eigenvalue weighted by Crippen LogP contribution is 2.26. The van der Waals surface area contributed by atoms with Crippen LogP contribution in [0.3, 0.4) is 0 Å². The van der Waals surface area contributed by atoms with Crippen molar-refractivity contribution in [3.05, 3.63) is 23.8 Å². The van der Waals surface area contributed by atoms with Crippen LogP contribution in [0.15, 0.2) is 18.2 Å². The fourth-order valence-electron chi connectivity index (χ4n) is 1.64. The molecule has 1 unspecified atom stereocenters. The summed E-state index contributed by atoms with van der Waals surface area (Å²) in [5.41, 5.74) is 0.610. The summed E-state index contributed by atoms with van der Waals surface area (Å²) in [7, 11) is 0. The summed E-state index contributed by atoms with van der Waals surface area (Å²) in [4.78, 5) is 11.6. The van der Waals surface area contributed by atoms with Gasteiger partial charge in [-0.1, -0.05) is 13.0 Å². The summed E-state index contributed by atoms with van der Waals surface area (Å²) < 4.78 is 35.8. The van der Waals surface area contributed by atoms with Gasteiger partial charge in [0.15, 0.2) is 11.5 Å². The van der Waals surface area contributed by atoms with Crippen molar-refractivity contribution in [1.29, 1.82) is 0 Å². The SMILES string of the molecule is CC(Cc1ccc(O)c(O)c1)C(=O)NCCC(F)(F)F. The summed E-state index contributed by atoms with van der Waals surface area (Å²) in [6, 6.07) is 4.14. The van der Waals surface area contributed by atoms with E-state index < -0.39 is 31.0 Å². The molecule has 7 heteroatoms. The molecule has 0 bridgehead atoms. The Balaban J connectivity index is 2.47. The van der Waals surface area contributed by atoms with Crippen molar-refractivity contribution in [2.45, 2.75) is 25.9 Å². The van der Waals surface area contributed by atoms with Gasteiger partial charge in [0.25, 0.3) is 0 Å². The fraction of sp³-hybridized carbons (Fsp3) is 0.462. The third kappa shape index (κ3) is 5.38. The van der Waals surface area contributed by atoms with Crippen LogP contribution in [0.4, 0.5) is 13.2 Å². The summed E-state index contributed by atoms with van der Waals surface area (Å²) in [6.45, 7) is 1.13. The van der Waals surface area contributed by atoms with E-state index in [1.807, 2.05) is 0 Å². The van der Waals surface area contributed by atoms with Crippen molar-refractivity contribution in [3.63, 3.8) is 0 Å². The predicted molar refractivity (Wildman–Crippen MR) is 66.3 cm³/mol. The van der Waals surface area contributed by atoms with Crippen LogP contribution in [0, 0.1) is 5.92 Å². The van der Waals surface area contributed by atoms with E-state index in [-0.39, 0.29) is 17.9 Å². The molecule has 0 saturated carbocycles. The summed E-state index contributed by atoms with van der Waals surface area (Å²) in [5, 5.41) is 20.7. The Hall–Kier alpha value is -1.92. The first-order valence-corrected chi connectivity index (χ1v) is 6.04. The molecule has 1 aromatic carbocycles. The van der Waals surface area contributed by atoms with Crippen LogP contribution >= 0.6 is 0 Å². The van der Waals surface area contributed by atoms with Crippen LogP contribution in [0.25, 0.3) is 0 Å². The van der Waals surface area contributed by atoms with Gasteiger partial charge < -0.3 is 15.5 Å². The number of hydrogen-bond donors (Lipinski definition) is 3. The molecule has 1 atom stereocenters. The van der Waals surface area contributed by atoms with E-state index in [1.54, 1.807) is 6.92 Å². The molecule has 4 nitrogen and oxygen atoms in total. The number of halogens is 3. The van der Waals surface area contributed by atoms with E-state index in [0.29, 0.717) is 5.56 Å². The minimum Gasteiger partial charge on any atom is -0.504 e. The number of nitrogens with one attached hydrogen (secondary N) is 1. The number of rotatable bonds is 5. The zero-order valence-corrected chi connectivity index (χ0v) is 10.9. The Bertz CT molecular complexity index is 474. The smallest absolute Gasteiger partial charge is 0.390 e. The highest BCUT2D eigenvalue weighted by molar-refractivity contribution is 5.78. The van der Waals surface area contributed by atoms with E-state index >= 15 is 0 Å². The van der Waals surface area contributed by atoms with Crippen molar-refractivity contribution in [2.75, 3.05) is 6.54 Å². The number of alkyl halides is 3. The lowest BCUT2D eigenvalue weighted by molar-refractivity contribution is -0.136. The molecule has 0 aliphatic rings. The van der Waals surface area contributed by atoms with Gasteiger partial charge in [-0.2, -0.15) is 13.2 Å². The second kappa shape index (κ2) is 6.49. The van der Waals surface area contributed by atoms with Crippen molar-refractivity contribution in [1.82, 2.24) is 5.32 Å². The quantitative estimate of drug-likeness (QED) is 0.729. The maximum atomic E-state index is 11.9. The predicted octanol–water partition coefficient (Wildman–Crippen LogP) is 2.35. The molecule has 0 aromatic heterocycles. The number of aromatic hydroxyl groups is 2. The second-order valence-electron chi connectivity index (χ2n) is 4.58. The zero-order valence-electron chi connectivity index (χ0n) is 10.9. The second-order valence-corrected chi connectivity index (χ2v) is 4.58. The van der Waals surface area contributed by atoms with Gasteiger partial charge in [-0.15, -0.1) is 0 Å². The molecule has 0 radical (unpaired) electrons. The largest absolute Gasteiger partial charge is 0.504 e. The lowest BCUT2D eigenvalue weighted by Crippen LogP contribution is -2.33. The van der Waals surface area contributed by atoms with Gasteiger partial charge in [-0.05, 0) is 24.1 Å². The third-order valence-corrected chi connectivity index (χ3v) is 2.74. The number of carbonyl (C=O) groups is 1. The minimum atomic E-state index is -4.29. The van der Waals surface area contributed by atoms with E-state index in [1.165, 1.54) is 18.2 Å². The fourth-order valence-corrected chi connectivity index (χ4v) is 1.64. The average Bonchev–Trinajstić information content (AvgIpc) is 2.32. The Labute approximate surface area is 114 Å². The molecule has 20 heavy (non-hydrogen) atoms. The first-order valence-electron chi connectivity index (χ1n) is 6.04. The van der Waals surface area contributed by atoms with Crippen molar-refractivity contribution in [3.8, 4) is 11.5 Å². The molecular weight excluding hydrogens is 275 g/mol. The summed E-state index contributed by atoms with van der Waals surface area (Å²) >= 11 is 0. The van der Waals surface area contributed by atoms with Gasteiger partial charge in [-0.25, -0.2) is 0 Å². The lowest BCUT2D eigenvalue weighted by atomic mass is 10.00. The summed E-state index contributed by atoms with van der Waals surface area (Å²) in [5.74, 6) is -1.59. The Morgan fingerprint density at radius 2 is 1.95 bits per heavy atom. The van der Waals surface area contributed by atoms with Gasteiger partial charge in [0.05, 0.1) is 6.42 Å². The monoisotopic (exact) mass is 291 g/mol. The van der Waals surface area contributed by atoms with Crippen molar-refractivity contribution in [2.24, 2.45) is 5.92 Å². The number of benzene rings is 1. The molecule has 0 heterocycles. The van der Waals surface area contributed by atoms with Gasteiger partial charge >= 0.3 is 6.18 Å². The van der Waals surface area contributed by atoms with Crippen LogP contribution in [0.2, 0.25) is 0 Å². The van der Waals surface area contributed by atoms with Crippen LogP contribution < -0.4 is 5.32 Å². The first kappa shape index (κ1) is 16.1.